The number of hydrogen-bond donors (Lipinski definition) is 1. The fourth-order valence-corrected chi connectivity index (χ4v) is 2.54. The lowest BCUT2D eigenvalue weighted by molar-refractivity contribution is -0.119. The molecule has 0 aliphatic heterocycles. The summed E-state index contributed by atoms with van der Waals surface area (Å²) in [7, 11) is 0. The van der Waals surface area contributed by atoms with Gasteiger partial charge >= 0.3 is 5.97 Å². The van der Waals surface area contributed by atoms with E-state index >= 15 is 0 Å². The number of carbonyl (C=O) groups excluding carboxylic acids is 2. The van der Waals surface area contributed by atoms with Crippen molar-refractivity contribution in [2.75, 3.05) is 11.9 Å². The Morgan fingerprint density at radius 3 is 2.50 bits per heavy atom. The third-order valence-electron chi connectivity index (χ3n) is 4.19. The number of rotatable bonds is 7. The molecule has 0 aliphatic carbocycles. The van der Waals surface area contributed by atoms with Crippen molar-refractivity contribution in [1.82, 2.24) is 5.16 Å². The van der Waals surface area contributed by atoms with Crippen LogP contribution in [0.3, 0.4) is 0 Å². The molecule has 0 bridgehead atoms. The fraction of sp³-hybridized carbons (Fsp3) is 0.190. The van der Waals surface area contributed by atoms with Gasteiger partial charge < -0.3 is 19.3 Å². The van der Waals surface area contributed by atoms with E-state index in [2.05, 4.69) is 10.5 Å². The van der Waals surface area contributed by atoms with Gasteiger partial charge in [-0.05, 0) is 50.2 Å². The highest BCUT2D eigenvalue weighted by molar-refractivity contribution is 5.95. The Morgan fingerprint density at radius 1 is 1.10 bits per heavy atom. The number of nitrogens with one attached hydrogen (secondary N) is 1. The highest BCUT2D eigenvalue weighted by Crippen LogP contribution is 2.18. The van der Waals surface area contributed by atoms with Crippen LogP contribution < -0.4 is 10.1 Å². The number of aromatic nitrogens is 1. The first-order valence-corrected chi connectivity index (χ1v) is 8.90. The molecule has 1 amide bonds. The fourth-order valence-electron chi connectivity index (χ4n) is 2.54. The summed E-state index contributed by atoms with van der Waals surface area (Å²) < 4.78 is 42.2. The molecule has 0 aliphatic rings. The van der Waals surface area contributed by atoms with Crippen LogP contribution in [0.2, 0.25) is 0 Å². The summed E-state index contributed by atoms with van der Waals surface area (Å²) in [6.07, 6.45) is 0. The van der Waals surface area contributed by atoms with Crippen molar-refractivity contribution in [2.24, 2.45) is 0 Å². The van der Waals surface area contributed by atoms with Crippen LogP contribution in [0.5, 0.6) is 5.75 Å². The van der Waals surface area contributed by atoms with E-state index in [9.17, 15) is 18.4 Å². The normalized spacial score (nSPS) is 10.5. The number of halogens is 2. The van der Waals surface area contributed by atoms with E-state index in [4.69, 9.17) is 14.0 Å². The summed E-state index contributed by atoms with van der Waals surface area (Å²) >= 11 is 0. The molecule has 0 atom stereocenters. The largest absolute Gasteiger partial charge is 0.489 e. The zero-order chi connectivity index (χ0) is 21.7. The molecule has 9 heteroatoms. The predicted molar refractivity (Wildman–Crippen MR) is 102 cm³/mol. The smallest absolute Gasteiger partial charge is 0.338 e. The second-order valence-corrected chi connectivity index (χ2v) is 6.36. The zero-order valence-corrected chi connectivity index (χ0v) is 16.2. The molecule has 156 valence electrons. The van der Waals surface area contributed by atoms with Gasteiger partial charge in [0.1, 0.15) is 29.8 Å². The Bertz CT molecular complexity index is 1040. The average Bonchev–Trinajstić information content (AvgIpc) is 3.05. The minimum Gasteiger partial charge on any atom is -0.489 e. The number of hydrogen-bond acceptors (Lipinski definition) is 6. The lowest BCUT2D eigenvalue weighted by atomic mass is 10.2. The molecular formula is C21H18F2N2O5. The molecule has 3 rings (SSSR count). The first-order valence-electron chi connectivity index (χ1n) is 8.90. The molecule has 0 saturated carbocycles. The Kier molecular flexibility index (Phi) is 6.41. The predicted octanol–water partition coefficient (Wildman–Crippen LogP) is 3.94. The summed E-state index contributed by atoms with van der Waals surface area (Å²) in [5.41, 5.74) is 1.45. The van der Waals surface area contributed by atoms with Crippen molar-refractivity contribution in [3.8, 4) is 5.75 Å². The number of ether oxygens (including phenoxy) is 2. The quantitative estimate of drug-likeness (QED) is 0.587. The number of aryl methyl sites for hydroxylation is 2. The molecule has 1 N–H and O–H groups in total. The van der Waals surface area contributed by atoms with Crippen LogP contribution in [-0.2, 0) is 16.1 Å². The number of esters is 1. The van der Waals surface area contributed by atoms with Crippen LogP contribution in [0, 0.1) is 25.5 Å². The SMILES string of the molecule is Cc1noc(C)c1COc1ccc(C(=O)OCC(=O)Nc2cc(F)ccc2F)cc1. The molecule has 2 aromatic carbocycles. The maximum atomic E-state index is 13.5. The molecule has 0 unspecified atom stereocenters. The summed E-state index contributed by atoms with van der Waals surface area (Å²) in [6.45, 7) is 3.21. The van der Waals surface area contributed by atoms with Gasteiger partial charge in [0.05, 0.1) is 22.5 Å². The average molecular weight is 416 g/mol. The van der Waals surface area contributed by atoms with Crippen molar-refractivity contribution >= 4 is 17.6 Å². The number of anilines is 1. The Hall–Kier alpha value is -3.75. The molecule has 1 heterocycles. The molecule has 30 heavy (non-hydrogen) atoms. The van der Waals surface area contributed by atoms with Crippen LogP contribution in [0.25, 0.3) is 0 Å². The first-order chi connectivity index (χ1) is 14.3. The van der Waals surface area contributed by atoms with Crippen LogP contribution in [0.1, 0.15) is 27.4 Å². The minimum absolute atomic E-state index is 0.199. The van der Waals surface area contributed by atoms with E-state index in [0.717, 1.165) is 29.5 Å². The Morgan fingerprint density at radius 2 is 1.83 bits per heavy atom. The highest BCUT2D eigenvalue weighted by atomic mass is 19.1. The third-order valence-corrected chi connectivity index (χ3v) is 4.19. The molecule has 7 nitrogen and oxygen atoms in total. The van der Waals surface area contributed by atoms with Crippen molar-refractivity contribution < 1.29 is 32.4 Å². The molecular weight excluding hydrogens is 398 g/mol. The topological polar surface area (TPSA) is 90.7 Å². The maximum Gasteiger partial charge on any atom is 0.338 e. The summed E-state index contributed by atoms with van der Waals surface area (Å²) in [4.78, 5) is 23.9. The number of benzene rings is 2. The standard InChI is InChI=1S/C21H18F2N2O5/c1-12-17(13(2)30-25-12)10-28-16-6-3-14(4-7-16)21(27)29-11-20(26)24-19-9-15(22)5-8-18(19)23/h3-9H,10-11H2,1-2H3,(H,24,26). The molecule has 0 spiro atoms. The van der Waals surface area contributed by atoms with Gasteiger partial charge in [0.2, 0.25) is 0 Å². The first kappa shape index (κ1) is 21.0. The van der Waals surface area contributed by atoms with E-state index in [0.29, 0.717) is 11.5 Å². The monoisotopic (exact) mass is 416 g/mol. The van der Waals surface area contributed by atoms with Crippen molar-refractivity contribution in [3.63, 3.8) is 0 Å². The second-order valence-electron chi connectivity index (χ2n) is 6.36. The molecule has 0 saturated heterocycles. The third kappa shape index (κ3) is 5.19. The van der Waals surface area contributed by atoms with E-state index in [-0.39, 0.29) is 17.9 Å². The lowest BCUT2D eigenvalue weighted by Gasteiger charge is -2.09. The van der Waals surface area contributed by atoms with E-state index in [1.54, 1.807) is 19.1 Å². The van der Waals surface area contributed by atoms with Gasteiger partial charge in [0.15, 0.2) is 6.61 Å². The van der Waals surface area contributed by atoms with Gasteiger partial charge in [-0.1, -0.05) is 5.16 Å². The van der Waals surface area contributed by atoms with Gasteiger partial charge in [-0.25, -0.2) is 13.6 Å². The van der Waals surface area contributed by atoms with Crippen LogP contribution >= 0.6 is 0 Å². The van der Waals surface area contributed by atoms with Gasteiger partial charge in [-0.3, -0.25) is 4.79 Å². The Balaban J connectivity index is 1.50. The lowest BCUT2D eigenvalue weighted by Crippen LogP contribution is -2.21. The number of carbonyl (C=O) groups is 2. The second kappa shape index (κ2) is 9.17. The Labute approximate surface area is 170 Å². The molecule has 1 aromatic heterocycles. The summed E-state index contributed by atoms with van der Waals surface area (Å²) in [5, 5.41) is 5.99. The molecule has 0 fully saturated rings. The zero-order valence-electron chi connectivity index (χ0n) is 16.2. The van der Waals surface area contributed by atoms with Gasteiger partial charge in [-0.15, -0.1) is 0 Å². The van der Waals surface area contributed by atoms with Crippen molar-refractivity contribution in [1.29, 1.82) is 0 Å². The van der Waals surface area contributed by atoms with Gasteiger partial charge in [0.25, 0.3) is 5.91 Å². The van der Waals surface area contributed by atoms with Crippen LogP contribution in [0.4, 0.5) is 14.5 Å². The van der Waals surface area contributed by atoms with Gasteiger partial charge in [-0.2, -0.15) is 0 Å². The van der Waals surface area contributed by atoms with Gasteiger partial charge in [0, 0.05) is 6.07 Å². The highest BCUT2D eigenvalue weighted by Gasteiger charge is 2.13. The van der Waals surface area contributed by atoms with E-state index in [1.807, 2.05) is 6.92 Å². The maximum absolute atomic E-state index is 13.5. The molecule has 3 aromatic rings. The number of amides is 1. The van der Waals surface area contributed by atoms with Crippen LogP contribution in [0.15, 0.2) is 47.0 Å². The summed E-state index contributed by atoms with van der Waals surface area (Å²) in [5.74, 6) is -1.87. The van der Waals surface area contributed by atoms with E-state index in [1.165, 1.54) is 12.1 Å². The van der Waals surface area contributed by atoms with Crippen LogP contribution in [-0.4, -0.2) is 23.6 Å². The van der Waals surface area contributed by atoms with Crippen molar-refractivity contribution in [3.05, 3.63) is 76.7 Å². The summed E-state index contributed by atoms with van der Waals surface area (Å²) in [6, 6.07) is 8.76. The number of nitrogens with zero attached hydrogens (tertiary/aromatic N) is 1. The molecule has 0 radical (unpaired) electrons. The van der Waals surface area contributed by atoms with Crippen molar-refractivity contribution in [2.45, 2.75) is 20.5 Å². The van der Waals surface area contributed by atoms with E-state index < -0.39 is 30.1 Å². The minimum atomic E-state index is -0.803.